The molecule has 0 aromatic carbocycles. The molecule has 3 rings (SSSR count). The average molecular weight is 381 g/mol. The molecule has 156 valence electrons. The third-order valence-electron chi connectivity index (χ3n) is 6.50. The molecule has 0 unspecified atom stereocenters. The molecule has 4 nitrogen and oxygen atoms in total. The van der Waals surface area contributed by atoms with Crippen LogP contribution in [0.1, 0.15) is 71.6 Å². The zero-order valence-corrected chi connectivity index (χ0v) is 17.4. The van der Waals surface area contributed by atoms with Crippen LogP contribution in [0.25, 0.3) is 0 Å². The van der Waals surface area contributed by atoms with E-state index < -0.39 is 0 Å². The van der Waals surface area contributed by atoms with Gasteiger partial charge in [0.2, 0.25) is 0 Å². The number of allylic oxidation sites excluding steroid dienone is 1. The van der Waals surface area contributed by atoms with Crippen LogP contribution in [-0.2, 0) is 18.9 Å². The Labute approximate surface area is 166 Å². The standard InChI is InChI=1S/C23H40O4/c1-3-5-7-18-8-11-21(12-9-18)23-26-16-20(17-27-23)10-13-22-24-14-19(6-4-2)15-25-22/h4,6,18-23H,3,5,7-17H2,1-2H3. The average Bonchev–Trinajstić information content (AvgIpc) is 2.73. The maximum atomic E-state index is 6.12. The molecule has 0 aromatic rings. The van der Waals surface area contributed by atoms with E-state index >= 15 is 0 Å². The van der Waals surface area contributed by atoms with Crippen LogP contribution in [0.4, 0.5) is 0 Å². The second-order valence-electron chi connectivity index (χ2n) is 8.78. The van der Waals surface area contributed by atoms with Crippen molar-refractivity contribution >= 4 is 0 Å². The maximum absolute atomic E-state index is 6.12. The number of unbranched alkanes of at least 4 members (excludes halogenated alkanes) is 1. The van der Waals surface area contributed by atoms with Gasteiger partial charge in [-0.15, -0.1) is 0 Å². The van der Waals surface area contributed by atoms with Crippen molar-refractivity contribution in [3.8, 4) is 0 Å². The molecule has 3 aliphatic rings. The lowest BCUT2D eigenvalue weighted by Gasteiger charge is -2.38. The zero-order valence-electron chi connectivity index (χ0n) is 17.4. The van der Waals surface area contributed by atoms with Gasteiger partial charge in [-0.3, -0.25) is 0 Å². The van der Waals surface area contributed by atoms with Crippen molar-refractivity contribution in [1.82, 2.24) is 0 Å². The lowest BCUT2D eigenvalue weighted by Crippen LogP contribution is -2.39. The van der Waals surface area contributed by atoms with E-state index in [4.69, 9.17) is 18.9 Å². The first-order valence-electron chi connectivity index (χ1n) is 11.4. The summed E-state index contributed by atoms with van der Waals surface area (Å²) in [6.07, 6.45) is 15.6. The van der Waals surface area contributed by atoms with Crippen molar-refractivity contribution < 1.29 is 18.9 Å². The van der Waals surface area contributed by atoms with E-state index in [1.54, 1.807) is 0 Å². The fourth-order valence-corrected chi connectivity index (χ4v) is 4.72. The Morgan fingerprint density at radius 2 is 1.48 bits per heavy atom. The molecule has 0 N–H and O–H groups in total. The molecule has 3 fully saturated rings. The third-order valence-corrected chi connectivity index (χ3v) is 6.50. The summed E-state index contributed by atoms with van der Waals surface area (Å²) in [6.45, 7) is 7.54. The molecule has 4 heteroatoms. The van der Waals surface area contributed by atoms with Crippen molar-refractivity contribution in [2.24, 2.45) is 23.7 Å². The van der Waals surface area contributed by atoms with Crippen LogP contribution in [0.3, 0.4) is 0 Å². The molecule has 0 atom stereocenters. The van der Waals surface area contributed by atoms with Crippen LogP contribution >= 0.6 is 0 Å². The monoisotopic (exact) mass is 380 g/mol. The summed E-state index contributed by atoms with van der Waals surface area (Å²) in [5.41, 5.74) is 0. The molecule has 2 saturated heterocycles. The zero-order chi connectivity index (χ0) is 18.9. The molecule has 2 heterocycles. The molecule has 0 aromatic heterocycles. The largest absolute Gasteiger partial charge is 0.352 e. The Hall–Kier alpha value is -0.420. The second kappa shape index (κ2) is 11.5. The highest BCUT2D eigenvalue weighted by molar-refractivity contribution is 4.86. The van der Waals surface area contributed by atoms with E-state index in [0.29, 0.717) is 17.8 Å². The topological polar surface area (TPSA) is 36.9 Å². The fourth-order valence-electron chi connectivity index (χ4n) is 4.72. The minimum absolute atomic E-state index is 0.0390. The first-order valence-corrected chi connectivity index (χ1v) is 11.4. The fraction of sp³-hybridized carbons (Fsp3) is 0.913. The van der Waals surface area contributed by atoms with E-state index in [2.05, 4.69) is 19.1 Å². The van der Waals surface area contributed by atoms with E-state index in [0.717, 1.165) is 45.2 Å². The number of hydrogen-bond acceptors (Lipinski definition) is 4. The second-order valence-corrected chi connectivity index (χ2v) is 8.78. The van der Waals surface area contributed by atoms with Gasteiger partial charge < -0.3 is 18.9 Å². The molecule has 0 spiro atoms. The van der Waals surface area contributed by atoms with E-state index in [1.807, 2.05) is 6.92 Å². The number of hydrogen-bond donors (Lipinski definition) is 0. The summed E-state index contributed by atoms with van der Waals surface area (Å²) in [5.74, 6) is 2.44. The molecule has 27 heavy (non-hydrogen) atoms. The molecule has 2 aliphatic heterocycles. The van der Waals surface area contributed by atoms with Crippen LogP contribution in [0, 0.1) is 23.7 Å². The van der Waals surface area contributed by atoms with Gasteiger partial charge in [-0.05, 0) is 51.4 Å². The summed E-state index contributed by atoms with van der Waals surface area (Å²) < 4.78 is 23.9. The lowest BCUT2D eigenvalue weighted by molar-refractivity contribution is -0.235. The van der Waals surface area contributed by atoms with Crippen molar-refractivity contribution in [2.75, 3.05) is 26.4 Å². The van der Waals surface area contributed by atoms with Gasteiger partial charge in [-0.1, -0.05) is 38.3 Å². The first-order chi connectivity index (χ1) is 13.3. The van der Waals surface area contributed by atoms with Gasteiger partial charge in [0, 0.05) is 17.8 Å². The Balaban J connectivity index is 1.27. The van der Waals surface area contributed by atoms with Gasteiger partial charge in [-0.25, -0.2) is 0 Å². The smallest absolute Gasteiger partial charge is 0.160 e. The molecule has 0 bridgehead atoms. The summed E-state index contributed by atoms with van der Waals surface area (Å²) >= 11 is 0. The van der Waals surface area contributed by atoms with Gasteiger partial charge in [0.1, 0.15) is 0 Å². The van der Waals surface area contributed by atoms with E-state index in [9.17, 15) is 0 Å². The molecule has 1 aliphatic carbocycles. The Bertz CT molecular complexity index is 414. The SMILES string of the molecule is CC=CC1COC(CCC2COC(C3CCC(CCCC)CC3)OC2)OC1. The van der Waals surface area contributed by atoms with E-state index in [-0.39, 0.29) is 12.6 Å². The first kappa shape index (κ1) is 21.3. The Kier molecular flexibility index (Phi) is 9.11. The van der Waals surface area contributed by atoms with E-state index in [1.165, 1.54) is 44.9 Å². The highest BCUT2D eigenvalue weighted by Gasteiger charge is 2.32. The van der Waals surface area contributed by atoms with Crippen molar-refractivity contribution in [3.05, 3.63) is 12.2 Å². The van der Waals surface area contributed by atoms with Crippen LogP contribution in [0.5, 0.6) is 0 Å². The highest BCUT2D eigenvalue weighted by Crippen LogP contribution is 2.36. The lowest BCUT2D eigenvalue weighted by atomic mass is 9.79. The van der Waals surface area contributed by atoms with Crippen molar-refractivity contribution in [1.29, 1.82) is 0 Å². The van der Waals surface area contributed by atoms with Gasteiger partial charge >= 0.3 is 0 Å². The summed E-state index contributed by atoms with van der Waals surface area (Å²) in [4.78, 5) is 0. The van der Waals surface area contributed by atoms with Gasteiger partial charge in [0.25, 0.3) is 0 Å². The van der Waals surface area contributed by atoms with Gasteiger partial charge in [0.15, 0.2) is 12.6 Å². The number of ether oxygens (including phenoxy) is 4. The minimum atomic E-state index is -0.0531. The molecule has 1 saturated carbocycles. The normalized spacial score (nSPS) is 38.3. The predicted octanol–water partition coefficient (Wildman–Crippen LogP) is 5.32. The van der Waals surface area contributed by atoms with Crippen molar-refractivity contribution in [2.45, 2.75) is 84.2 Å². The van der Waals surface area contributed by atoms with Crippen LogP contribution < -0.4 is 0 Å². The molecule has 0 radical (unpaired) electrons. The molecular formula is C23H40O4. The molecule has 0 amide bonds. The van der Waals surface area contributed by atoms with Gasteiger partial charge in [0.05, 0.1) is 26.4 Å². The summed E-state index contributed by atoms with van der Waals surface area (Å²) in [6, 6.07) is 0. The summed E-state index contributed by atoms with van der Waals surface area (Å²) in [7, 11) is 0. The molecular weight excluding hydrogens is 340 g/mol. The van der Waals surface area contributed by atoms with Crippen LogP contribution in [0.2, 0.25) is 0 Å². The minimum Gasteiger partial charge on any atom is -0.352 e. The highest BCUT2D eigenvalue weighted by atomic mass is 16.7. The predicted molar refractivity (Wildman–Crippen MR) is 107 cm³/mol. The number of rotatable bonds is 8. The third kappa shape index (κ3) is 6.85. The Morgan fingerprint density at radius 3 is 2.11 bits per heavy atom. The van der Waals surface area contributed by atoms with Crippen LogP contribution in [-0.4, -0.2) is 39.0 Å². The van der Waals surface area contributed by atoms with Crippen LogP contribution in [0.15, 0.2) is 12.2 Å². The maximum Gasteiger partial charge on any atom is 0.160 e. The van der Waals surface area contributed by atoms with Gasteiger partial charge in [-0.2, -0.15) is 0 Å². The Morgan fingerprint density at radius 1 is 0.778 bits per heavy atom. The summed E-state index contributed by atoms with van der Waals surface area (Å²) in [5, 5.41) is 0. The van der Waals surface area contributed by atoms with Crippen molar-refractivity contribution in [3.63, 3.8) is 0 Å². The quantitative estimate of drug-likeness (QED) is 0.534.